The maximum Gasteiger partial charge on any atom is 0.251 e. The number of nitrogens with zero attached hydrogens (tertiary/aromatic N) is 2. The van der Waals surface area contributed by atoms with Crippen LogP contribution in [0.3, 0.4) is 0 Å². The lowest BCUT2D eigenvalue weighted by molar-refractivity contribution is -0.117. The molecule has 6 heteroatoms. The van der Waals surface area contributed by atoms with Crippen molar-refractivity contribution in [2.75, 3.05) is 10.6 Å². The highest BCUT2D eigenvalue weighted by molar-refractivity contribution is 6.08. The molecule has 3 aromatic rings. The number of anilines is 2. The van der Waals surface area contributed by atoms with Crippen molar-refractivity contribution in [1.29, 1.82) is 0 Å². The largest absolute Gasteiger partial charge is 0.322 e. The molecule has 0 bridgehead atoms. The van der Waals surface area contributed by atoms with Crippen LogP contribution >= 0.6 is 0 Å². The van der Waals surface area contributed by atoms with Gasteiger partial charge in [-0.1, -0.05) is 11.6 Å². The van der Waals surface area contributed by atoms with E-state index in [4.69, 9.17) is 0 Å². The molecule has 0 radical (unpaired) electrons. The van der Waals surface area contributed by atoms with Crippen molar-refractivity contribution >= 4 is 34.2 Å². The van der Waals surface area contributed by atoms with Gasteiger partial charge < -0.3 is 15.2 Å². The molecular weight excluding hydrogens is 364 g/mol. The average Bonchev–Trinajstić information content (AvgIpc) is 3.47. The quantitative estimate of drug-likeness (QED) is 0.624. The van der Waals surface area contributed by atoms with E-state index in [1.807, 2.05) is 67.9 Å². The summed E-state index contributed by atoms with van der Waals surface area (Å²) in [5, 5.41) is 6.84. The molecule has 1 aromatic carbocycles. The number of carbonyl (C=O) groups excluding carboxylic acids is 2. The highest BCUT2D eigenvalue weighted by Crippen LogP contribution is 2.31. The zero-order chi connectivity index (χ0) is 20.5. The molecule has 1 aliphatic rings. The summed E-state index contributed by atoms with van der Waals surface area (Å²) in [7, 11) is 0. The number of fused-ring (bicyclic) bond motifs is 1. The molecule has 29 heavy (non-hydrogen) atoms. The second kappa shape index (κ2) is 7.54. The van der Waals surface area contributed by atoms with E-state index in [1.165, 1.54) is 0 Å². The van der Waals surface area contributed by atoms with Gasteiger partial charge in [0.15, 0.2) is 0 Å². The fourth-order valence-corrected chi connectivity index (χ4v) is 3.16. The Morgan fingerprint density at radius 1 is 1.07 bits per heavy atom. The van der Waals surface area contributed by atoms with Crippen LogP contribution in [-0.2, 0) is 9.59 Å². The van der Waals surface area contributed by atoms with E-state index in [2.05, 4.69) is 15.6 Å². The van der Waals surface area contributed by atoms with Gasteiger partial charge in [-0.25, -0.2) is 4.98 Å². The van der Waals surface area contributed by atoms with Crippen molar-refractivity contribution in [3.05, 3.63) is 59.9 Å². The molecule has 2 amide bonds. The van der Waals surface area contributed by atoms with Crippen LogP contribution in [-0.4, -0.2) is 21.4 Å². The topological polar surface area (TPSA) is 76.0 Å². The van der Waals surface area contributed by atoms with Gasteiger partial charge >= 0.3 is 0 Å². The van der Waals surface area contributed by atoms with Crippen molar-refractivity contribution in [2.24, 2.45) is 5.92 Å². The van der Waals surface area contributed by atoms with E-state index < -0.39 is 0 Å². The fraction of sp³-hybridized carbons (Fsp3) is 0.261. The Morgan fingerprint density at radius 2 is 1.86 bits per heavy atom. The molecule has 0 saturated heterocycles. The van der Waals surface area contributed by atoms with Gasteiger partial charge in [-0.2, -0.15) is 0 Å². The lowest BCUT2D eigenvalue weighted by atomic mass is 10.1. The van der Waals surface area contributed by atoms with Crippen LogP contribution in [0.4, 0.5) is 11.5 Å². The number of hydrogen-bond acceptors (Lipinski definition) is 3. The Bertz CT molecular complexity index is 1130. The monoisotopic (exact) mass is 388 g/mol. The lowest BCUT2D eigenvalue weighted by Crippen LogP contribution is -2.14. The maximum atomic E-state index is 12.5. The van der Waals surface area contributed by atoms with Crippen LogP contribution in [0.2, 0.25) is 0 Å². The van der Waals surface area contributed by atoms with Crippen LogP contribution in [0.5, 0.6) is 0 Å². The highest BCUT2D eigenvalue weighted by atomic mass is 16.2. The minimum absolute atomic E-state index is 0.0339. The first kappa shape index (κ1) is 18.9. The zero-order valence-corrected chi connectivity index (χ0v) is 16.8. The molecule has 0 atom stereocenters. The van der Waals surface area contributed by atoms with Crippen LogP contribution < -0.4 is 10.6 Å². The first-order valence-corrected chi connectivity index (χ1v) is 9.77. The molecule has 6 nitrogen and oxygen atoms in total. The number of hydrogen-bond donors (Lipinski definition) is 2. The fourth-order valence-electron chi connectivity index (χ4n) is 3.16. The molecule has 0 aliphatic heterocycles. The number of carbonyl (C=O) groups is 2. The highest BCUT2D eigenvalue weighted by Gasteiger charge is 2.29. The van der Waals surface area contributed by atoms with Gasteiger partial charge in [-0.3, -0.25) is 9.59 Å². The van der Waals surface area contributed by atoms with Gasteiger partial charge in [0.25, 0.3) is 5.91 Å². The van der Waals surface area contributed by atoms with Crippen LogP contribution in [0.1, 0.15) is 33.6 Å². The van der Waals surface area contributed by atoms with E-state index in [0.717, 1.165) is 40.7 Å². The number of allylic oxidation sites excluding steroid dienone is 1. The SMILES string of the molecule is CC(C)=C(C)C(=O)Nc1cccc2c1ccn2-c1ccnc(NC(=O)C2CC2)c1. The van der Waals surface area contributed by atoms with Crippen molar-refractivity contribution in [3.63, 3.8) is 0 Å². The van der Waals surface area contributed by atoms with Crippen molar-refractivity contribution in [3.8, 4) is 5.69 Å². The Hall–Kier alpha value is -3.41. The van der Waals surface area contributed by atoms with Gasteiger partial charge in [0.2, 0.25) is 5.91 Å². The number of rotatable bonds is 5. The minimum Gasteiger partial charge on any atom is -0.322 e. The third kappa shape index (κ3) is 3.92. The summed E-state index contributed by atoms with van der Waals surface area (Å²) in [5.74, 6) is 0.610. The van der Waals surface area contributed by atoms with Crippen molar-refractivity contribution < 1.29 is 9.59 Å². The number of amides is 2. The Labute approximate surface area is 169 Å². The van der Waals surface area contributed by atoms with Gasteiger partial charge in [-0.15, -0.1) is 0 Å². The Kier molecular flexibility index (Phi) is 4.92. The van der Waals surface area contributed by atoms with E-state index in [1.54, 1.807) is 6.20 Å². The third-order valence-corrected chi connectivity index (χ3v) is 5.29. The molecule has 2 heterocycles. The number of aromatic nitrogens is 2. The van der Waals surface area contributed by atoms with Crippen LogP contribution in [0, 0.1) is 5.92 Å². The molecule has 148 valence electrons. The summed E-state index contributed by atoms with van der Waals surface area (Å²) in [5.41, 5.74) is 4.33. The van der Waals surface area contributed by atoms with Crippen molar-refractivity contribution in [2.45, 2.75) is 33.6 Å². The van der Waals surface area contributed by atoms with Gasteiger partial charge in [-0.05, 0) is 57.9 Å². The smallest absolute Gasteiger partial charge is 0.251 e. The van der Waals surface area contributed by atoms with Crippen LogP contribution in [0.25, 0.3) is 16.6 Å². The number of pyridine rings is 1. The van der Waals surface area contributed by atoms with Gasteiger partial charge in [0.1, 0.15) is 5.82 Å². The summed E-state index contributed by atoms with van der Waals surface area (Å²) in [6.45, 7) is 5.68. The molecule has 0 unspecified atom stereocenters. The standard InChI is InChI=1S/C23H24N4O2/c1-14(2)15(3)22(28)25-19-5-4-6-20-18(19)10-12-27(20)17-9-11-24-21(13-17)26-23(29)16-7-8-16/h4-6,9-13,16H,7-8H2,1-3H3,(H,25,28)(H,24,26,29). The van der Waals surface area contributed by atoms with Crippen molar-refractivity contribution in [1.82, 2.24) is 9.55 Å². The summed E-state index contributed by atoms with van der Waals surface area (Å²) >= 11 is 0. The Morgan fingerprint density at radius 3 is 2.59 bits per heavy atom. The second-order valence-corrected chi connectivity index (χ2v) is 7.67. The Balaban J connectivity index is 1.65. The summed E-state index contributed by atoms with van der Waals surface area (Å²) < 4.78 is 2.02. The van der Waals surface area contributed by atoms with E-state index in [9.17, 15) is 9.59 Å². The number of benzene rings is 1. The molecule has 1 saturated carbocycles. The van der Waals surface area contributed by atoms with Gasteiger partial charge in [0.05, 0.1) is 16.9 Å². The summed E-state index contributed by atoms with van der Waals surface area (Å²) in [4.78, 5) is 28.8. The molecule has 4 rings (SSSR count). The lowest BCUT2D eigenvalue weighted by Gasteiger charge is -2.11. The van der Waals surface area contributed by atoms with Gasteiger partial charge in [0, 0.05) is 35.3 Å². The summed E-state index contributed by atoms with van der Waals surface area (Å²) in [6.07, 6.45) is 5.55. The average molecular weight is 388 g/mol. The first-order valence-electron chi connectivity index (χ1n) is 9.77. The minimum atomic E-state index is -0.0979. The molecule has 2 aromatic heterocycles. The summed E-state index contributed by atoms with van der Waals surface area (Å²) in [6, 6.07) is 11.6. The zero-order valence-electron chi connectivity index (χ0n) is 16.8. The molecule has 2 N–H and O–H groups in total. The third-order valence-electron chi connectivity index (χ3n) is 5.29. The first-order chi connectivity index (χ1) is 13.9. The molecule has 0 spiro atoms. The van der Waals surface area contributed by atoms with E-state index in [0.29, 0.717) is 11.4 Å². The van der Waals surface area contributed by atoms with E-state index in [-0.39, 0.29) is 17.7 Å². The van der Waals surface area contributed by atoms with E-state index >= 15 is 0 Å². The molecule has 1 aliphatic carbocycles. The molecular formula is C23H24N4O2. The number of nitrogens with one attached hydrogen (secondary N) is 2. The maximum absolute atomic E-state index is 12.5. The van der Waals surface area contributed by atoms with Crippen LogP contribution in [0.15, 0.2) is 59.9 Å². The molecule has 1 fully saturated rings. The second-order valence-electron chi connectivity index (χ2n) is 7.67. The predicted octanol–water partition coefficient (Wildman–Crippen LogP) is 4.67. The predicted molar refractivity (Wildman–Crippen MR) is 115 cm³/mol. The normalized spacial score (nSPS) is 13.2.